The summed E-state index contributed by atoms with van der Waals surface area (Å²) in [6.07, 6.45) is -5.07. The minimum absolute atomic E-state index is 0.00410. The van der Waals surface area contributed by atoms with Crippen LogP contribution >= 0.6 is 11.6 Å². The second-order valence-electron chi connectivity index (χ2n) is 6.84. The van der Waals surface area contributed by atoms with Gasteiger partial charge in [0.05, 0.1) is 24.7 Å². The van der Waals surface area contributed by atoms with E-state index in [2.05, 4.69) is 10.4 Å². The zero-order valence-electron chi connectivity index (χ0n) is 17.4. The highest BCUT2D eigenvalue weighted by atomic mass is 35.5. The first-order valence-corrected chi connectivity index (χ1v) is 10.0. The van der Waals surface area contributed by atoms with Crippen LogP contribution in [0.4, 0.5) is 19.0 Å². The van der Waals surface area contributed by atoms with Gasteiger partial charge in [0.15, 0.2) is 5.92 Å². The third-order valence-electron chi connectivity index (χ3n) is 4.76. The minimum atomic E-state index is -4.73. The second kappa shape index (κ2) is 10.2. The van der Waals surface area contributed by atoms with Crippen LogP contribution in [-0.4, -0.2) is 47.0 Å². The van der Waals surface area contributed by atoms with Gasteiger partial charge in [0, 0.05) is 5.92 Å². The predicted octanol–water partition coefficient (Wildman–Crippen LogP) is 2.83. The molecule has 1 aliphatic heterocycles. The molecule has 2 amide bonds. The number of ether oxygens (including phenoxy) is 2. The number of esters is 2. The van der Waals surface area contributed by atoms with E-state index in [1.807, 2.05) is 0 Å². The third-order valence-corrected chi connectivity index (χ3v) is 5.05. The summed E-state index contributed by atoms with van der Waals surface area (Å²) in [5.74, 6) is -7.00. The third kappa shape index (κ3) is 5.47. The number of aromatic nitrogens is 1. The van der Waals surface area contributed by atoms with Crippen molar-refractivity contribution in [1.29, 1.82) is 0 Å². The number of hydrogen-bond acceptors (Lipinski definition) is 8. The molecule has 0 aliphatic carbocycles. The number of amides is 2. The van der Waals surface area contributed by atoms with E-state index in [1.165, 1.54) is 6.92 Å². The maximum absolute atomic E-state index is 12.8. The zero-order valence-corrected chi connectivity index (χ0v) is 18.1. The molecule has 9 nitrogen and oxygen atoms in total. The van der Waals surface area contributed by atoms with Crippen molar-refractivity contribution in [3.05, 3.63) is 22.8 Å². The molecule has 2 unspecified atom stereocenters. The average molecular weight is 480 g/mol. The monoisotopic (exact) mass is 479 g/mol. The maximum atomic E-state index is 12.8. The quantitative estimate of drug-likeness (QED) is 0.262. The molecule has 0 saturated carbocycles. The number of carbonyl (C=O) groups excluding carboxylic acids is 4. The fourth-order valence-electron chi connectivity index (χ4n) is 3.13. The first-order valence-electron chi connectivity index (χ1n) is 9.63. The fourth-order valence-corrected chi connectivity index (χ4v) is 3.39. The number of anilines is 1. The average Bonchev–Trinajstić information content (AvgIpc) is 2.89. The lowest BCUT2D eigenvalue weighted by atomic mass is 9.87. The second-order valence-corrected chi connectivity index (χ2v) is 7.20. The van der Waals surface area contributed by atoms with Crippen LogP contribution in [0.2, 0.25) is 5.15 Å². The molecule has 1 aromatic heterocycles. The Labute approximate surface area is 186 Å². The van der Waals surface area contributed by atoms with Gasteiger partial charge in [-0.05, 0) is 32.4 Å². The number of imide groups is 1. The molecule has 1 fully saturated rings. The van der Waals surface area contributed by atoms with Crippen molar-refractivity contribution in [1.82, 2.24) is 9.99 Å². The van der Waals surface area contributed by atoms with E-state index in [1.54, 1.807) is 13.8 Å². The molecule has 0 bridgehead atoms. The van der Waals surface area contributed by atoms with Gasteiger partial charge >= 0.3 is 18.1 Å². The molecule has 0 spiro atoms. The summed E-state index contributed by atoms with van der Waals surface area (Å²) in [5.41, 5.74) is 1.16. The summed E-state index contributed by atoms with van der Waals surface area (Å²) >= 11 is 5.57. The number of carbonyl (C=O) groups is 4. The highest BCUT2D eigenvalue weighted by Gasteiger charge is 2.49. The van der Waals surface area contributed by atoms with Crippen molar-refractivity contribution < 1.29 is 41.8 Å². The number of halogens is 4. The van der Waals surface area contributed by atoms with Gasteiger partial charge in [-0.1, -0.05) is 18.5 Å². The van der Waals surface area contributed by atoms with Crippen molar-refractivity contribution in [2.24, 2.45) is 17.8 Å². The van der Waals surface area contributed by atoms with E-state index in [-0.39, 0.29) is 25.5 Å². The van der Waals surface area contributed by atoms with E-state index in [4.69, 9.17) is 21.1 Å². The van der Waals surface area contributed by atoms with Gasteiger partial charge < -0.3 is 9.47 Å². The Balaban J connectivity index is 2.23. The standard InChI is InChI=1S/C19H21ClF3N3O6/c1-4-31-17(29)11(18(30)32-5-2)8-10-9(3)15(27)26(16(10)28)25-13-7-6-12(14(20)24-13)19(21,22)23/h6-7,9-11H,4-5,8H2,1-3H3,(H,24,25). The fraction of sp³-hybridized carbons (Fsp3) is 0.526. The van der Waals surface area contributed by atoms with Crippen LogP contribution in [0.3, 0.4) is 0 Å². The Morgan fingerprint density at radius 3 is 2.19 bits per heavy atom. The van der Waals surface area contributed by atoms with Crippen LogP contribution < -0.4 is 5.43 Å². The molecular formula is C19H21ClF3N3O6. The Hall–Kier alpha value is -2.89. The predicted molar refractivity (Wildman–Crippen MR) is 104 cm³/mol. The maximum Gasteiger partial charge on any atom is 0.419 e. The van der Waals surface area contributed by atoms with E-state index < -0.39 is 58.4 Å². The largest absolute Gasteiger partial charge is 0.465 e. The van der Waals surface area contributed by atoms with Crippen LogP contribution in [0.5, 0.6) is 0 Å². The lowest BCUT2D eigenvalue weighted by Crippen LogP contribution is -2.37. The molecule has 1 aromatic rings. The van der Waals surface area contributed by atoms with Gasteiger partial charge in [-0.3, -0.25) is 24.6 Å². The minimum Gasteiger partial charge on any atom is -0.465 e. The number of nitrogens with zero attached hydrogens (tertiary/aromatic N) is 2. The lowest BCUT2D eigenvalue weighted by molar-refractivity contribution is -0.162. The summed E-state index contributed by atoms with van der Waals surface area (Å²) in [6, 6.07) is 1.56. The molecule has 176 valence electrons. The highest BCUT2D eigenvalue weighted by Crippen LogP contribution is 2.35. The number of alkyl halides is 3. The summed E-state index contributed by atoms with van der Waals surface area (Å²) in [7, 11) is 0. The molecule has 1 N–H and O–H groups in total. The molecule has 2 rings (SSSR count). The smallest absolute Gasteiger partial charge is 0.419 e. The van der Waals surface area contributed by atoms with Gasteiger partial charge in [0.2, 0.25) is 0 Å². The first kappa shape index (κ1) is 25.4. The molecule has 2 atom stereocenters. The molecule has 1 aliphatic rings. The summed E-state index contributed by atoms with van der Waals surface area (Å²) in [6.45, 7) is 4.50. The summed E-state index contributed by atoms with van der Waals surface area (Å²) in [4.78, 5) is 53.3. The van der Waals surface area contributed by atoms with Gasteiger partial charge in [-0.25, -0.2) is 4.98 Å². The van der Waals surface area contributed by atoms with Crippen LogP contribution in [-0.2, 0) is 34.8 Å². The van der Waals surface area contributed by atoms with E-state index in [0.717, 1.165) is 6.07 Å². The SMILES string of the molecule is CCOC(=O)C(CC1C(=O)N(Nc2ccc(C(F)(F)F)c(Cl)n2)C(=O)C1C)C(=O)OCC. The van der Waals surface area contributed by atoms with Gasteiger partial charge in [0.25, 0.3) is 11.8 Å². The van der Waals surface area contributed by atoms with Gasteiger partial charge in [0.1, 0.15) is 11.0 Å². The lowest BCUT2D eigenvalue weighted by Gasteiger charge is -2.19. The Bertz CT molecular complexity index is 893. The van der Waals surface area contributed by atoms with E-state index in [9.17, 15) is 32.3 Å². The topological polar surface area (TPSA) is 115 Å². The molecule has 2 heterocycles. The van der Waals surface area contributed by atoms with Crippen LogP contribution in [0.1, 0.15) is 32.8 Å². The molecular weight excluding hydrogens is 459 g/mol. The molecule has 13 heteroatoms. The number of hydrazine groups is 1. The normalized spacial score (nSPS) is 18.8. The molecule has 1 saturated heterocycles. The van der Waals surface area contributed by atoms with Crippen LogP contribution in [0, 0.1) is 17.8 Å². The van der Waals surface area contributed by atoms with Crippen LogP contribution in [0.25, 0.3) is 0 Å². The number of rotatable bonds is 8. The van der Waals surface area contributed by atoms with E-state index >= 15 is 0 Å². The van der Waals surface area contributed by atoms with Crippen molar-refractivity contribution in [2.45, 2.75) is 33.4 Å². The number of nitrogens with one attached hydrogen (secondary N) is 1. The van der Waals surface area contributed by atoms with Crippen molar-refractivity contribution in [3.63, 3.8) is 0 Å². The molecule has 0 radical (unpaired) electrons. The number of pyridine rings is 1. The van der Waals surface area contributed by atoms with Crippen molar-refractivity contribution >= 4 is 41.2 Å². The molecule has 0 aromatic carbocycles. The highest BCUT2D eigenvalue weighted by molar-refractivity contribution is 6.30. The summed E-state index contributed by atoms with van der Waals surface area (Å²) in [5, 5.41) is -0.287. The van der Waals surface area contributed by atoms with Gasteiger partial charge in [-0.2, -0.15) is 18.2 Å². The number of hydrogen-bond donors (Lipinski definition) is 1. The molecule has 32 heavy (non-hydrogen) atoms. The first-order chi connectivity index (χ1) is 14.9. The van der Waals surface area contributed by atoms with Gasteiger partial charge in [-0.15, -0.1) is 0 Å². The zero-order chi connectivity index (χ0) is 24.2. The van der Waals surface area contributed by atoms with Crippen molar-refractivity contribution in [3.8, 4) is 0 Å². The van der Waals surface area contributed by atoms with E-state index in [0.29, 0.717) is 11.1 Å². The Morgan fingerprint density at radius 1 is 1.16 bits per heavy atom. The van der Waals surface area contributed by atoms with Crippen LogP contribution in [0.15, 0.2) is 12.1 Å². The van der Waals surface area contributed by atoms with Crippen molar-refractivity contribution in [2.75, 3.05) is 18.6 Å². The Kier molecular flexibility index (Phi) is 8.05. The summed E-state index contributed by atoms with van der Waals surface area (Å²) < 4.78 is 48.2. The Morgan fingerprint density at radius 2 is 1.72 bits per heavy atom.